The quantitative estimate of drug-likeness (QED) is 0.909. The van der Waals surface area contributed by atoms with E-state index in [2.05, 4.69) is 11.0 Å². The Bertz CT molecular complexity index is 724. The van der Waals surface area contributed by atoms with Gasteiger partial charge in [0.15, 0.2) is 0 Å². The second-order valence-corrected chi connectivity index (χ2v) is 6.17. The average molecular weight is 340 g/mol. The van der Waals surface area contributed by atoms with Gasteiger partial charge in [0, 0.05) is 32.6 Å². The smallest absolute Gasteiger partial charge is 0.223 e. The van der Waals surface area contributed by atoms with Crippen LogP contribution in [0.15, 0.2) is 48.5 Å². The molecule has 0 spiro atoms. The van der Waals surface area contributed by atoms with E-state index in [9.17, 15) is 9.90 Å². The zero-order chi connectivity index (χ0) is 17.6. The number of hydrogen-bond donors (Lipinski definition) is 1. The topological polar surface area (TPSA) is 53.0 Å². The molecule has 5 heteroatoms. The molecule has 1 heterocycles. The van der Waals surface area contributed by atoms with Crippen LogP contribution >= 0.6 is 0 Å². The third-order valence-corrected chi connectivity index (χ3v) is 4.66. The van der Waals surface area contributed by atoms with E-state index in [1.807, 2.05) is 35.2 Å². The van der Waals surface area contributed by atoms with Crippen molar-refractivity contribution in [1.82, 2.24) is 4.90 Å². The molecule has 5 nitrogen and oxygen atoms in total. The summed E-state index contributed by atoms with van der Waals surface area (Å²) in [5, 5.41) is 9.80. The first-order valence-corrected chi connectivity index (χ1v) is 8.61. The van der Waals surface area contributed by atoms with Gasteiger partial charge in [-0.25, -0.2) is 0 Å². The number of anilines is 1. The normalized spacial score (nSPS) is 14.4. The van der Waals surface area contributed by atoms with Gasteiger partial charge in [-0.15, -0.1) is 0 Å². The van der Waals surface area contributed by atoms with Crippen LogP contribution in [-0.4, -0.2) is 49.2 Å². The highest BCUT2D eigenvalue weighted by molar-refractivity contribution is 5.77. The summed E-state index contributed by atoms with van der Waals surface area (Å²) in [7, 11) is 1.68. The Labute approximate surface area is 148 Å². The van der Waals surface area contributed by atoms with E-state index in [0.717, 1.165) is 30.1 Å². The first-order valence-electron chi connectivity index (χ1n) is 8.61. The summed E-state index contributed by atoms with van der Waals surface area (Å²) in [4.78, 5) is 16.6. The van der Waals surface area contributed by atoms with E-state index in [1.54, 1.807) is 19.2 Å². The number of ether oxygens (including phenoxy) is 1. The van der Waals surface area contributed by atoms with Crippen LogP contribution in [0.25, 0.3) is 0 Å². The standard InChI is InChI=1S/C20H24N2O3/c1-25-19-9-5-3-7-17(19)21-12-14-22(15-13-21)20(24)11-10-16-6-2-4-8-18(16)23/h2-9,23H,10-15H2,1H3. The number of methoxy groups -OCH3 is 1. The Morgan fingerprint density at radius 2 is 1.72 bits per heavy atom. The molecule has 2 aromatic rings. The fourth-order valence-electron chi connectivity index (χ4n) is 3.21. The molecule has 1 aliphatic heterocycles. The van der Waals surface area contributed by atoms with Gasteiger partial charge < -0.3 is 19.6 Å². The van der Waals surface area contributed by atoms with E-state index in [1.165, 1.54) is 0 Å². The maximum absolute atomic E-state index is 12.5. The van der Waals surface area contributed by atoms with Gasteiger partial charge in [0.1, 0.15) is 11.5 Å². The fourth-order valence-corrected chi connectivity index (χ4v) is 3.21. The Balaban J connectivity index is 1.53. The number of amides is 1. The van der Waals surface area contributed by atoms with Crippen molar-refractivity contribution in [3.05, 3.63) is 54.1 Å². The molecule has 0 aliphatic carbocycles. The van der Waals surface area contributed by atoms with Gasteiger partial charge >= 0.3 is 0 Å². The summed E-state index contributed by atoms with van der Waals surface area (Å²) < 4.78 is 5.43. The molecule has 0 atom stereocenters. The van der Waals surface area contributed by atoms with Crippen LogP contribution in [0.5, 0.6) is 11.5 Å². The molecular formula is C20H24N2O3. The lowest BCUT2D eigenvalue weighted by molar-refractivity contribution is -0.131. The summed E-state index contributed by atoms with van der Waals surface area (Å²) >= 11 is 0. The molecule has 1 fully saturated rings. The maximum atomic E-state index is 12.5. The minimum Gasteiger partial charge on any atom is -0.508 e. The molecule has 3 rings (SSSR count). The van der Waals surface area contributed by atoms with Crippen LogP contribution in [0, 0.1) is 0 Å². The van der Waals surface area contributed by atoms with Crippen molar-refractivity contribution in [2.45, 2.75) is 12.8 Å². The highest BCUT2D eigenvalue weighted by Gasteiger charge is 2.22. The summed E-state index contributed by atoms with van der Waals surface area (Å²) in [6.07, 6.45) is 0.991. The zero-order valence-corrected chi connectivity index (χ0v) is 14.5. The number of phenolic OH excluding ortho intramolecular Hbond substituents is 1. The first kappa shape index (κ1) is 17.1. The predicted octanol–water partition coefficient (Wildman–Crippen LogP) is 2.68. The van der Waals surface area contributed by atoms with Crippen LogP contribution in [-0.2, 0) is 11.2 Å². The second-order valence-electron chi connectivity index (χ2n) is 6.17. The highest BCUT2D eigenvalue weighted by atomic mass is 16.5. The number of piperazine rings is 1. The number of rotatable bonds is 5. The number of benzene rings is 2. The van der Waals surface area contributed by atoms with Crippen molar-refractivity contribution >= 4 is 11.6 Å². The monoisotopic (exact) mass is 340 g/mol. The predicted molar refractivity (Wildman–Crippen MR) is 98.2 cm³/mol. The number of phenols is 1. The van der Waals surface area contributed by atoms with Crippen LogP contribution in [0.2, 0.25) is 0 Å². The molecule has 1 saturated heterocycles. The summed E-state index contributed by atoms with van der Waals surface area (Å²) in [5.41, 5.74) is 1.90. The number of para-hydroxylation sites is 3. The molecule has 132 valence electrons. The number of aryl methyl sites for hydroxylation is 1. The molecule has 0 unspecified atom stereocenters. The molecule has 1 aliphatic rings. The SMILES string of the molecule is COc1ccccc1N1CCN(C(=O)CCc2ccccc2O)CC1. The molecule has 0 aromatic heterocycles. The van der Waals surface area contributed by atoms with Gasteiger partial charge in [0.2, 0.25) is 5.91 Å². The second kappa shape index (κ2) is 7.92. The highest BCUT2D eigenvalue weighted by Crippen LogP contribution is 2.28. The molecule has 1 amide bonds. The summed E-state index contributed by atoms with van der Waals surface area (Å²) in [5.74, 6) is 1.26. The van der Waals surface area contributed by atoms with Crippen molar-refractivity contribution in [3.8, 4) is 11.5 Å². The average Bonchev–Trinajstić information content (AvgIpc) is 2.67. The van der Waals surface area contributed by atoms with Crippen molar-refractivity contribution in [2.75, 3.05) is 38.2 Å². The first-order chi connectivity index (χ1) is 12.2. The minimum absolute atomic E-state index is 0.142. The number of hydrogen-bond acceptors (Lipinski definition) is 4. The van der Waals surface area contributed by atoms with Gasteiger partial charge in [-0.05, 0) is 30.2 Å². The van der Waals surface area contributed by atoms with Crippen molar-refractivity contribution in [2.24, 2.45) is 0 Å². The summed E-state index contributed by atoms with van der Waals surface area (Å²) in [6.45, 7) is 3.00. The number of carbonyl (C=O) groups is 1. The third kappa shape index (κ3) is 4.05. The lowest BCUT2D eigenvalue weighted by Gasteiger charge is -2.36. The van der Waals surface area contributed by atoms with E-state index < -0.39 is 0 Å². The lowest BCUT2D eigenvalue weighted by atomic mass is 10.1. The van der Waals surface area contributed by atoms with Crippen LogP contribution in [0.3, 0.4) is 0 Å². The number of aromatic hydroxyl groups is 1. The zero-order valence-electron chi connectivity index (χ0n) is 14.5. The number of carbonyl (C=O) groups excluding carboxylic acids is 1. The molecule has 2 aromatic carbocycles. The minimum atomic E-state index is 0.142. The van der Waals surface area contributed by atoms with Crippen LogP contribution in [0.1, 0.15) is 12.0 Å². The Morgan fingerprint density at radius 1 is 1.04 bits per heavy atom. The molecular weight excluding hydrogens is 316 g/mol. The van der Waals surface area contributed by atoms with Gasteiger partial charge in [-0.2, -0.15) is 0 Å². The van der Waals surface area contributed by atoms with Gasteiger partial charge in [-0.1, -0.05) is 30.3 Å². The van der Waals surface area contributed by atoms with E-state index in [-0.39, 0.29) is 11.7 Å². The van der Waals surface area contributed by atoms with Crippen molar-refractivity contribution < 1.29 is 14.6 Å². The molecule has 0 bridgehead atoms. The molecule has 0 saturated carbocycles. The molecule has 1 N–H and O–H groups in total. The maximum Gasteiger partial charge on any atom is 0.223 e. The van der Waals surface area contributed by atoms with E-state index >= 15 is 0 Å². The Kier molecular flexibility index (Phi) is 5.43. The van der Waals surface area contributed by atoms with E-state index in [4.69, 9.17) is 4.74 Å². The lowest BCUT2D eigenvalue weighted by Crippen LogP contribution is -2.48. The van der Waals surface area contributed by atoms with E-state index in [0.29, 0.717) is 25.9 Å². The van der Waals surface area contributed by atoms with Crippen LogP contribution < -0.4 is 9.64 Å². The largest absolute Gasteiger partial charge is 0.508 e. The van der Waals surface area contributed by atoms with Crippen molar-refractivity contribution in [3.63, 3.8) is 0 Å². The van der Waals surface area contributed by atoms with Gasteiger partial charge in [0.05, 0.1) is 12.8 Å². The Hall–Kier alpha value is -2.69. The summed E-state index contributed by atoms with van der Waals surface area (Å²) in [6, 6.07) is 15.2. The van der Waals surface area contributed by atoms with Crippen molar-refractivity contribution in [1.29, 1.82) is 0 Å². The number of nitrogens with zero attached hydrogens (tertiary/aromatic N) is 2. The Morgan fingerprint density at radius 3 is 2.44 bits per heavy atom. The van der Waals surface area contributed by atoms with Gasteiger partial charge in [0.25, 0.3) is 0 Å². The molecule has 0 radical (unpaired) electrons. The third-order valence-electron chi connectivity index (χ3n) is 4.66. The van der Waals surface area contributed by atoms with Crippen LogP contribution in [0.4, 0.5) is 5.69 Å². The van der Waals surface area contributed by atoms with Gasteiger partial charge in [-0.3, -0.25) is 4.79 Å². The fraction of sp³-hybridized carbons (Fsp3) is 0.350. The molecule has 25 heavy (non-hydrogen) atoms.